The van der Waals surface area contributed by atoms with Crippen LogP contribution in [0.3, 0.4) is 0 Å². The van der Waals surface area contributed by atoms with Gasteiger partial charge in [0.25, 0.3) is 0 Å². The van der Waals surface area contributed by atoms with Crippen molar-refractivity contribution in [2.45, 2.75) is 19.4 Å². The quantitative estimate of drug-likeness (QED) is 0.881. The summed E-state index contributed by atoms with van der Waals surface area (Å²) in [6.07, 6.45) is 1.93. The Hall–Kier alpha value is -1.81. The van der Waals surface area contributed by atoms with E-state index in [1.54, 1.807) is 18.2 Å². The highest BCUT2D eigenvalue weighted by molar-refractivity contribution is 6.02. The van der Waals surface area contributed by atoms with Crippen LogP contribution < -0.4 is 10.6 Å². The Morgan fingerprint density at radius 1 is 1.47 bits per heavy atom. The highest BCUT2D eigenvalue weighted by Crippen LogP contribution is 2.28. The minimum absolute atomic E-state index is 0.00782. The highest BCUT2D eigenvalue weighted by atomic mass is 16.3. The molecule has 0 saturated heterocycles. The molecule has 1 aromatic carbocycles. The molecule has 90 valence electrons. The Morgan fingerprint density at radius 3 is 2.88 bits per heavy atom. The van der Waals surface area contributed by atoms with E-state index in [-0.39, 0.29) is 11.9 Å². The van der Waals surface area contributed by atoms with Gasteiger partial charge < -0.3 is 15.1 Å². The molecule has 2 N–H and O–H groups in total. The van der Waals surface area contributed by atoms with Crippen molar-refractivity contribution in [3.8, 4) is 0 Å². The Bertz CT molecular complexity index is 531. The van der Waals surface area contributed by atoms with Gasteiger partial charge in [0.05, 0.1) is 5.69 Å². The Balaban J connectivity index is 2.30. The summed E-state index contributed by atoms with van der Waals surface area (Å²) in [6, 6.07) is 7.50. The van der Waals surface area contributed by atoms with Gasteiger partial charge in [0.15, 0.2) is 0 Å². The monoisotopic (exact) mass is 232 g/mol. The smallest absolute Gasteiger partial charge is 0.228 e. The lowest BCUT2D eigenvalue weighted by atomic mass is 10.2. The van der Waals surface area contributed by atoms with Crippen LogP contribution in [-0.4, -0.2) is 19.0 Å². The van der Waals surface area contributed by atoms with Crippen LogP contribution in [0.2, 0.25) is 0 Å². The number of hydrogen-bond donors (Lipinski definition) is 1. The summed E-state index contributed by atoms with van der Waals surface area (Å²) >= 11 is 0. The maximum Gasteiger partial charge on any atom is 0.228 e. The lowest BCUT2D eigenvalue weighted by Gasteiger charge is -2.16. The van der Waals surface area contributed by atoms with Crippen molar-refractivity contribution in [3.63, 3.8) is 0 Å². The second-order valence-corrected chi connectivity index (χ2v) is 4.25. The third kappa shape index (κ3) is 2.31. The van der Waals surface area contributed by atoms with Crippen molar-refractivity contribution in [2.75, 3.05) is 11.9 Å². The molecule has 1 heterocycles. The summed E-state index contributed by atoms with van der Waals surface area (Å²) < 4.78 is 5.40. The van der Waals surface area contributed by atoms with E-state index in [4.69, 9.17) is 10.2 Å². The number of carbonyl (C=O) groups excluding carboxylic acids is 1. The molecule has 0 aliphatic carbocycles. The number of anilines is 1. The van der Waals surface area contributed by atoms with E-state index in [2.05, 4.69) is 0 Å². The number of benzene rings is 1. The second kappa shape index (κ2) is 4.59. The first-order chi connectivity index (χ1) is 8.09. The predicted octanol–water partition coefficient (Wildman–Crippen LogP) is 2.13. The highest BCUT2D eigenvalue weighted by Gasteiger charge is 2.16. The molecule has 1 unspecified atom stereocenters. The summed E-state index contributed by atoms with van der Waals surface area (Å²) in [5.74, 6) is -0.00782. The largest absolute Gasteiger partial charge is 0.462 e. The molecule has 0 aliphatic heterocycles. The molecular formula is C13H16N2O2. The van der Waals surface area contributed by atoms with Gasteiger partial charge in [-0.3, -0.25) is 4.79 Å². The van der Waals surface area contributed by atoms with Crippen molar-refractivity contribution in [1.29, 1.82) is 0 Å². The molecule has 0 fully saturated rings. The summed E-state index contributed by atoms with van der Waals surface area (Å²) in [5, 5.41) is 0.938. The van der Waals surface area contributed by atoms with E-state index >= 15 is 0 Å². The van der Waals surface area contributed by atoms with Gasteiger partial charge in [-0.1, -0.05) is 12.1 Å². The molecule has 2 aromatic rings. The molecule has 2 rings (SSSR count). The van der Waals surface area contributed by atoms with Gasteiger partial charge in [0, 0.05) is 24.9 Å². The zero-order valence-electron chi connectivity index (χ0n) is 10.0. The van der Waals surface area contributed by atoms with Crippen LogP contribution in [0.4, 0.5) is 5.69 Å². The minimum atomic E-state index is -0.136. The number of para-hydroxylation sites is 1. The summed E-state index contributed by atoms with van der Waals surface area (Å²) in [7, 11) is 1.74. The maximum absolute atomic E-state index is 11.9. The summed E-state index contributed by atoms with van der Waals surface area (Å²) in [5.41, 5.74) is 7.19. The van der Waals surface area contributed by atoms with E-state index in [1.165, 1.54) is 0 Å². The van der Waals surface area contributed by atoms with Gasteiger partial charge in [0.1, 0.15) is 11.8 Å². The second-order valence-electron chi connectivity index (χ2n) is 4.25. The molecule has 4 heteroatoms. The molecule has 4 nitrogen and oxygen atoms in total. The van der Waals surface area contributed by atoms with Crippen molar-refractivity contribution >= 4 is 22.6 Å². The number of fused-ring (bicyclic) bond motifs is 1. The first-order valence-electron chi connectivity index (χ1n) is 5.58. The van der Waals surface area contributed by atoms with Crippen molar-refractivity contribution in [1.82, 2.24) is 0 Å². The maximum atomic E-state index is 11.9. The molecule has 0 spiro atoms. The first-order valence-corrected chi connectivity index (χ1v) is 5.58. The molecular weight excluding hydrogens is 216 g/mol. The van der Waals surface area contributed by atoms with E-state index in [1.807, 2.05) is 31.2 Å². The topological polar surface area (TPSA) is 59.5 Å². The SMILES string of the molecule is CC(N)CC(=O)N(C)c1coc2ccccc12. The molecule has 1 aromatic heterocycles. The van der Waals surface area contributed by atoms with Crippen LogP contribution in [0.25, 0.3) is 11.0 Å². The summed E-state index contributed by atoms with van der Waals surface area (Å²) in [6.45, 7) is 1.82. The third-order valence-corrected chi connectivity index (χ3v) is 2.69. The van der Waals surface area contributed by atoms with Gasteiger partial charge in [0.2, 0.25) is 5.91 Å². The number of nitrogens with zero attached hydrogens (tertiary/aromatic N) is 1. The Kier molecular flexibility index (Phi) is 3.15. The lowest BCUT2D eigenvalue weighted by Crippen LogP contribution is -2.31. The standard InChI is InChI=1S/C13H16N2O2/c1-9(14)7-13(16)15(2)11-8-17-12-6-4-3-5-10(11)12/h3-6,8-9H,7,14H2,1-2H3. The number of amides is 1. The van der Waals surface area contributed by atoms with E-state index in [9.17, 15) is 4.79 Å². The predicted molar refractivity (Wildman–Crippen MR) is 67.9 cm³/mol. The minimum Gasteiger partial charge on any atom is -0.462 e. The van der Waals surface area contributed by atoms with Gasteiger partial charge in [-0.15, -0.1) is 0 Å². The van der Waals surface area contributed by atoms with Crippen LogP contribution in [0, 0.1) is 0 Å². The fourth-order valence-electron chi connectivity index (χ4n) is 1.77. The average Bonchev–Trinajstić information content (AvgIpc) is 2.70. The van der Waals surface area contributed by atoms with Crippen molar-refractivity contribution < 1.29 is 9.21 Å². The molecule has 0 bridgehead atoms. The van der Waals surface area contributed by atoms with E-state index in [0.29, 0.717) is 6.42 Å². The van der Waals surface area contributed by atoms with Gasteiger partial charge in [-0.25, -0.2) is 0 Å². The number of hydrogen-bond acceptors (Lipinski definition) is 3. The van der Waals surface area contributed by atoms with Crippen molar-refractivity contribution in [2.24, 2.45) is 5.73 Å². The zero-order chi connectivity index (χ0) is 12.4. The van der Waals surface area contributed by atoms with Crippen LogP contribution in [0.5, 0.6) is 0 Å². The molecule has 1 atom stereocenters. The van der Waals surface area contributed by atoms with Crippen LogP contribution in [0.1, 0.15) is 13.3 Å². The van der Waals surface area contributed by atoms with Gasteiger partial charge in [-0.2, -0.15) is 0 Å². The fraction of sp³-hybridized carbons (Fsp3) is 0.308. The van der Waals surface area contributed by atoms with Gasteiger partial charge >= 0.3 is 0 Å². The molecule has 17 heavy (non-hydrogen) atoms. The van der Waals surface area contributed by atoms with Crippen LogP contribution >= 0.6 is 0 Å². The normalized spacial score (nSPS) is 12.6. The van der Waals surface area contributed by atoms with Gasteiger partial charge in [-0.05, 0) is 19.1 Å². The summed E-state index contributed by atoms with van der Waals surface area (Å²) in [4.78, 5) is 13.5. The zero-order valence-corrected chi connectivity index (χ0v) is 10.0. The van der Waals surface area contributed by atoms with E-state index in [0.717, 1.165) is 16.7 Å². The van der Waals surface area contributed by atoms with Crippen LogP contribution in [0.15, 0.2) is 34.9 Å². The molecule has 0 radical (unpaired) electrons. The number of rotatable bonds is 3. The lowest BCUT2D eigenvalue weighted by molar-refractivity contribution is -0.118. The average molecular weight is 232 g/mol. The number of furan rings is 1. The fourth-order valence-corrected chi connectivity index (χ4v) is 1.77. The molecule has 1 amide bonds. The number of carbonyl (C=O) groups is 1. The van der Waals surface area contributed by atoms with Crippen molar-refractivity contribution in [3.05, 3.63) is 30.5 Å². The Morgan fingerprint density at radius 2 is 2.18 bits per heavy atom. The Labute approximate surface area is 100.0 Å². The third-order valence-electron chi connectivity index (χ3n) is 2.69. The number of nitrogens with two attached hydrogens (primary N) is 1. The first kappa shape index (κ1) is 11.7. The van der Waals surface area contributed by atoms with Crippen LogP contribution in [-0.2, 0) is 4.79 Å². The molecule has 0 saturated carbocycles. The van der Waals surface area contributed by atoms with E-state index < -0.39 is 0 Å². The molecule has 0 aliphatic rings.